The van der Waals surface area contributed by atoms with E-state index in [4.69, 9.17) is 4.55 Å². The van der Waals surface area contributed by atoms with Crippen molar-refractivity contribution in [2.75, 3.05) is 0 Å². The molecular weight excluding hydrogens is 228 g/mol. The zero-order valence-corrected chi connectivity index (χ0v) is 11.0. The molecule has 15 heavy (non-hydrogen) atoms. The normalized spacial score (nSPS) is 12.1. The van der Waals surface area contributed by atoms with Crippen LogP contribution in [-0.2, 0) is 10.1 Å². The third kappa shape index (κ3) is 1.81. The zero-order valence-electron chi connectivity index (χ0n) is 8.14. The van der Waals surface area contributed by atoms with Crippen molar-refractivity contribution in [1.29, 1.82) is 0 Å². The van der Waals surface area contributed by atoms with E-state index in [0.29, 0.717) is 20.8 Å². The van der Waals surface area contributed by atoms with E-state index in [1.165, 1.54) is 0 Å². The van der Waals surface area contributed by atoms with Gasteiger partial charge < -0.3 is 0 Å². The molecular formula is C10H10O3SSi. The smallest absolute Gasteiger partial charge is 0.282 e. The Labute approximate surface area is 90.9 Å². The van der Waals surface area contributed by atoms with Crippen molar-refractivity contribution in [1.82, 2.24) is 0 Å². The minimum atomic E-state index is -4.13. The molecule has 0 aliphatic rings. The van der Waals surface area contributed by atoms with E-state index in [2.05, 4.69) is 0 Å². The highest BCUT2D eigenvalue weighted by Crippen LogP contribution is 2.20. The van der Waals surface area contributed by atoms with Crippen molar-refractivity contribution in [3.05, 3.63) is 36.4 Å². The summed E-state index contributed by atoms with van der Waals surface area (Å²) >= 11 is 0. The zero-order chi connectivity index (χ0) is 11.1. The fourth-order valence-electron chi connectivity index (χ4n) is 1.69. The summed E-state index contributed by atoms with van der Waals surface area (Å²) in [7, 11) is -3.54. The molecule has 0 amide bonds. The first kappa shape index (κ1) is 10.3. The van der Waals surface area contributed by atoms with Crippen LogP contribution in [0.3, 0.4) is 0 Å². The van der Waals surface area contributed by atoms with Crippen LogP contribution in [0, 0.1) is 0 Å². The van der Waals surface area contributed by atoms with Crippen LogP contribution in [0.1, 0.15) is 0 Å². The highest BCUT2D eigenvalue weighted by atomic mass is 32.2. The number of fused-ring (bicyclic) bond motifs is 1. The van der Waals surface area contributed by atoms with Crippen molar-refractivity contribution in [2.24, 2.45) is 0 Å². The summed E-state index contributed by atoms with van der Waals surface area (Å²) < 4.78 is 31.7. The molecule has 1 N–H and O–H groups in total. The van der Waals surface area contributed by atoms with Crippen molar-refractivity contribution >= 4 is 36.3 Å². The highest BCUT2D eigenvalue weighted by molar-refractivity contribution is 7.86. The van der Waals surface area contributed by atoms with Gasteiger partial charge in [0, 0.05) is 15.6 Å². The standard InChI is InChI=1S/C10H10O3SSi/c11-14(12,13)10-8-4-2-1-3-7(8)5-6-9(10)15/h1-6H,15H3,(H,11,12,13). The van der Waals surface area contributed by atoms with Gasteiger partial charge in [-0.15, -0.1) is 0 Å². The Hall–Kier alpha value is -1.17. The molecule has 5 heteroatoms. The van der Waals surface area contributed by atoms with Crippen LogP contribution < -0.4 is 5.19 Å². The van der Waals surface area contributed by atoms with Gasteiger partial charge in [-0.3, -0.25) is 4.55 Å². The molecule has 0 aromatic heterocycles. The third-order valence-electron chi connectivity index (χ3n) is 2.33. The maximum atomic E-state index is 11.2. The first-order valence-electron chi connectivity index (χ1n) is 4.46. The summed E-state index contributed by atoms with van der Waals surface area (Å²) in [6.07, 6.45) is 0. The summed E-state index contributed by atoms with van der Waals surface area (Å²) in [5.41, 5.74) is 0. The van der Waals surface area contributed by atoms with Crippen LogP contribution in [0.25, 0.3) is 10.8 Å². The van der Waals surface area contributed by atoms with E-state index < -0.39 is 10.1 Å². The summed E-state index contributed by atoms with van der Waals surface area (Å²) in [6, 6.07) is 10.7. The molecule has 3 nitrogen and oxygen atoms in total. The van der Waals surface area contributed by atoms with Gasteiger partial charge >= 0.3 is 0 Å². The van der Waals surface area contributed by atoms with E-state index in [0.717, 1.165) is 5.39 Å². The van der Waals surface area contributed by atoms with Crippen LogP contribution in [0.5, 0.6) is 0 Å². The van der Waals surface area contributed by atoms with E-state index >= 15 is 0 Å². The Kier molecular flexibility index (Phi) is 2.38. The van der Waals surface area contributed by atoms with Gasteiger partial charge in [-0.25, -0.2) is 0 Å². The van der Waals surface area contributed by atoms with Crippen LogP contribution >= 0.6 is 0 Å². The van der Waals surface area contributed by atoms with E-state index in [1.54, 1.807) is 18.2 Å². The average molecular weight is 238 g/mol. The Bertz CT molecular complexity index is 620. The first-order valence-corrected chi connectivity index (χ1v) is 6.90. The van der Waals surface area contributed by atoms with Crippen LogP contribution in [0.2, 0.25) is 0 Å². The molecule has 2 rings (SSSR count). The van der Waals surface area contributed by atoms with Crippen LogP contribution in [0.15, 0.2) is 41.3 Å². The number of hydrogen-bond acceptors (Lipinski definition) is 2. The number of rotatable bonds is 1. The lowest BCUT2D eigenvalue weighted by atomic mass is 10.1. The van der Waals surface area contributed by atoms with Gasteiger partial charge in [-0.05, 0) is 10.6 Å². The van der Waals surface area contributed by atoms with Gasteiger partial charge in [0.2, 0.25) is 0 Å². The Morgan fingerprint density at radius 1 is 1.07 bits per heavy atom. The SMILES string of the molecule is O=S(=O)(O)c1c([SiH3])ccc2ccccc12. The molecule has 0 aliphatic heterocycles. The topological polar surface area (TPSA) is 54.4 Å². The number of hydrogen-bond donors (Lipinski definition) is 1. The predicted octanol–water partition coefficient (Wildman–Crippen LogP) is 0.0772. The largest absolute Gasteiger partial charge is 0.294 e. The van der Waals surface area contributed by atoms with Crippen molar-refractivity contribution in [3.63, 3.8) is 0 Å². The third-order valence-corrected chi connectivity index (χ3v) is 4.59. The Morgan fingerprint density at radius 3 is 2.40 bits per heavy atom. The maximum Gasteiger partial charge on any atom is 0.294 e. The quantitative estimate of drug-likeness (QED) is 0.565. The van der Waals surface area contributed by atoms with Crippen LogP contribution in [-0.4, -0.2) is 23.2 Å². The molecule has 78 valence electrons. The molecule has 0 radical (unpaired) electrons. The molecule has 2 aromatic carbocycles. The molecule has 0 atom stereocenters. The summed E-state index contributed by atoms with van der Waals surface area (Å²) in [5.74, 6) is 0. The van der Waals surface area contributed by atoms with Crippen LogP contribution in [0.4, 0.5) is 0 Å². The van der Waals surface area contributed by atoms with Gasteiger partial charge in [0.25, 0.3) is 10.1 Å². The summed E-state index contributed by atoms with van der Waals surface area (Å²) in [5, 5.41) is 2.11. The lowest BCUT2D eigenvalue weighted by Crippen LogP contribution is -2.15. The second kappa shape index (κ2) is 3.44. The number of benzene rings is 2. The predicted molar refractivity (Wildman–Crippen MR) is 63.3 cm³/mol. The summed E-state index contributed by atoms with van der Waals surface area (Å²) in [4.78, 5) is 0.0623. The first-order chi connectivity index (χ1) is 7.00. The molecule has 0 bridgehead atoms. The molecule has 0 saturated heterocycles. The lowest BCUT2D eigenvalue weighted by Gasteiger charge is -2.06. The maximum absolute atomic E-state index is 11.2. The molecule has 0 aliphatic carbocycles. The molecule has 0 fully saturated rings. The lowest BCUT2D eigenvalue weighted by molar-refractivity contribution is 0.485. The molecule has 2 aromatic rings. The molecule has 0 saturated carbocycles. The van der Waals surface area contributed by atoms with Crippen molar-refractivity contribution < 1.29 is 13.0 Å². The second-order valence-electron chi connectivity index (χ2n) is 3.41. The van der Waals surface area contributed by atoms with Gasteiger partial charge in [0.1, 0.15) is 0 Å². The van der Waals surface area contributed by atoms with Gasteiger partial charge in [0.05, 0.1) is 4.90 Å². The van der Waals surface area contributed by atoms with E-state index in [1.807, 2.05) is 18.2 Å². The second-order valence-corrected chi connectivity index (χ2v) is 5.84. The fraction of sp³-hybridized carbons (Fsp3) is 0. The van der Waals surface area contributed by atoms with E-state index in [9.17, 15) is 8.42 Å². The van der Waals surface area contributed by atoms with Gasteiger partial charge in [0.15, 0.2) is 0 Å². The molecule has 0 unspecified atom stereocenters. The van der Waals surface area contributed by atoms with Gasteiger partial charge in [-0.1, -0.05) is 36.4 Å². The van der Waals surface area contributed by atoms with Crippen molar-refractivity contribution in [2.45, 2.75) is 4.90 Å². The molecule has 0 spiro atoms. The fourth-order valence-corrected chi connectivity index (χ4v) is 3.84. The van der Waals surface area contributed by atoms with Gasteiger partial charge in [-0.2, -0.15) is 8.42 Å². The minimum Gasteiger partial charge on any atom is -0.282 e. The monoisotopic (exact) mass is 238 g/mol. The Balaban J connectivity index is 2.99. The molecule has 0 heterocycles. The summed E-state index contributed by atoms with van der Waals surface area (Å²) in [6.45, 7) is 0. The van der Waals surface area contributed by atoms with E-state index in [-0.39, 0.29) is 4.90 Å². The highest BCUT2D eigenvalue weighted by Gasteiger charge is 2.16. The average Bonchev–Trinajstić information content (AvgIpc) is 2.15. The minimum absolute atomic E-state index is 0.0623. The van der Waals surface area contributed by atoms with Crippen molar-refractivity contribution in [3.8, 4) is 0 Å². The Morgan fingerprint density at radius 2 is 1.73 bits per heavy atom.